The monoisotopic (exact) mass is 384 g/mol. The molecule has 1 atom stereocenters. The quantitative estimate of drug-likeness (QED) is 0.768. The Bertz CT molecular complexity index is 619. The molecular weight excluding hydrogens is 359 g/mol. The molecule has 0 saturated carbocycles. The number of nitrogens with zero attached hydrogens (tertiary/aromatic N) is 2. The third-order valence-corrected chi connectivity index (χ3v) is 3.74. The second-order valence-electron chi connectivity index (χ2n) is 5.36. The molecule has 1 aromatic heterocycles. The number of benzene rings is 1. The van der Waals surface area contributed by atoms with Gasteiger partial charge in [0.15, 0.2) is 0 Å². The Kier molecular flexibility index (Phi) is 10.8. The zero-order chi connectivity index (χ0) is 16.7. The van der Waals surface area contributed by atoms with Gasteiger partial charge in [-0.2, -0.15) is 0 Å². The minimum Gasteiger partial charge on any atom is -0.357 e. The van der Waals surface area contributed by atoms with E-state index in [4.69, 9.17) is 5.73 Å². The highest BCUT2D eigenvalue weighted by Crippen LogP contribution is 2.14. The Morgan fingerprint density at radius 2 is 1.76 bits per heavy atom. The van der Waals surface area contributed by atoms with Gasteiger partial charge < -0.3 is 16.0 Å². The Morgan fingerprint density at radius 1 is 1.12 bits per heavy atom. The number of hydrogen-bond acceptors (Lipinski definition) is 4. The van der Waals surface area contributed by atoms with Crippen molar-refractivity contribution >= 4 is 42.2 Å². The summed E-state index contributed by atoms with van der Waals surface area (Å²) in [6, 6.07) is 12.9. The first-order valence-corrected chi connectivity index (χ1v) is 7.95. The smallest absolute Gasteiger partial charge is 0.241 e. The summed E-state index contributed by atoms with van der Waals surface area (Å²) in [7, 11) is 0. The highest BCUT2D eigenvalue weighted by atomic mass is 35.5. The molecule has 0 spiro atoms. The van der Waals surface area contributed by atoms with Crippen LogP contribution in [0.25, 0.3) is 0 Å². The van der Waals surface area contributed by atoms with Gasteiger partial charge in [0.25, 0.3) is 0 Å². The van der Waals surface area contributed by atoms with E-state index in [0.29, 0.717) is 12.1 Å². The molecule has 0 radical (unpaired) electrons. The minimum absolute atomic E-state index is 0. The molecule has 1 amide bonds. The Morgan fingerprint density at radius 3 is 2.28 bits per heavy atom. The molecule has 1 heterocycles. The number of nitrogens with two attached hydrogens (primary N) is 1. The van der Waals surface area contributed by atoms with E-state index < -0.39 is 6.04 Å². The fourth-order valence-corrected chi connectivity index (χ4v) is 2.39. The fraction of sp³-hybridized carbons (Fsp3) is 0.333. The van der Waals surface area contributed by atoms with Crippen LogP contribution in [0.15, 0.2) is 48.7 Å². The van der Waals surface area contributed by atoms with Crippen molar-refractivity contribution < 1.29 is 4.79 Å². The molecule has 1 aromatic carbocycles. The van der Waals surface area contributed by atoms with E-state index in [2.05, 4.69) is 29.0 Å². The van der Waals surface area contributed by atoms with Crippen molar-refractivity contribution in [3.8, 4) is 0 Å². The average molecular weight is 385 g/mol. The van der Waals surface area contributed by atoms with E-state index in [1.807, 2.05) is 42.5 Å². The van der Waals surface area contributed by atoms with Gasteiger partial charge in [0, 0.05) is 13.1 Å². The zero-order valence-corrected chi connectivity index (χ0v) is 16.1. The van der Waals surface area contributed by atoms with Crippen LogP contribution in [0.5, 0.6) is 0 Å². The predicted octanol–water partition coefficient (Wildman–Crippen LogP) is 3.28. The van der Waals surface area contributed by atoms with Crippen LogP contribution in [-0.4, -0.2) is 30.0 Å². The summed E-state index contributed by atoms with van der Waals surface area (Å²) in [5.74, 6) is 0.702. The second-order valence-corrected chi connectivity index (χ2v) is 5.36. The van der Waals surface area contributed by atoms with E-state index in [1.165, 1.54) is 0 Å². The number of carbonyl (C=O) groups excluding carboxylic acids is 1. The molecule has 0 aliphatic carbocycles. The van der Waals surface area contributed by atoms with Crippen LogP contribution in [0, 0.1) is 0 Å². The first-order valence-electron chi connectivity index (χ1n) is 7.95. The number of hydrogen-bond donors (Lipinski definition) is 2. The van der Waals surface area contributed by atoms with E-state index in [0.717, 1.165) is 24.5 Å². The van der Waals surface area contributed by atoms with Gasteiger partial charge in [0.1, 0.15) is 5.82 Å². The minimum atomic E-state index is -0.583. The zero-order valence-electron chi connectivity index (χ0n) is 14.5. The molecule has 0 aliphatic rings. The number of rotatable bonds is 7. The number of aromatic nitrogens is 1. The number of anilines is 2. The lowest BCUT2D eigenvalue weighted by atomic mass is 10.1. The van der Waals surface area contributed by atoms with E-state index in [9.17, 15) is 4.79 Å². The summed E-state index contributed by atoms with van der Waals surface area (Å²) >= 11 is 0. The topological polar surface area (TPSA) is 71.2 Å². The van der Waals surface area contributed by atoms with Gasteiger partial charge >= 0.3 is 0 Å². The lowest BCUT2D eigenvalue weighted by Crippen LogP contribution is -2.37. The van der Waals surface area contributed by atoms with Gasteiger partial charge in [-0.25, -0.2) is 4.98 Å². The molecule has 138 valence electrons. The summed E-state index contributed by atoms with van der Waals surface area (Å²) in [5, 5.41) is 2.82. The van der Waals surface area contributed by atoms with E-state index >= 15 is 0 Å². The number of nitrogens with one attached hydrogen (secondary N) is 1. The van der Waals surface area contributed by atoms with Crippen molar-refractivity contribution in [1.82, 2.24) is 4.98 Å². The van der Waals surface area contributed by atoms with Crippen LogP contribution >= 0.6 is 24.8 Å². The summed E-state index contributed by atoms with van der Waals surface area (Å²) in [5.41, 5.74) is 7.69. The van der Waals surface area contributed by atoms with Gasteiger partial charge in [0.05, 0.1) is 17.9 Å². The first-order chi connectivity index (χ1) is 11.1. The Balaban J connectivity index is 0.00000288. The summed E-state index contributed by atoms with van der Waals surface area (Å²) < 4.78 is 0. The molecule has 0 saturated heterocycles. The van der Waals surface area contributed by atoms with Gasteiger partial charge in [-0.05, 0) is 38.0 Å². The Hall–Kier alpha value is -1.82. The molecule has 5 nitrogen and oxygen atoms in total. The molecule has 7 heteroatoms. The summed E-state index contributed by atoms with van der Waals surface area (Å²) in [4.78, 5) is 18.7. The SMILES string of the molecule is CCN(CC)c1ccc(NC(=O)C(N)Cc2ccccc2)cn1.Cl.Cl. The number of halogens is 2. The molecule has 25 heavy (non-hydrogen) atoms. The second kappa shape index (κ2) is 11.7. The normalized spacial score (nSPS) is 10.8. The van der Waals surface area contributed by atoms with Gasteiger partial charge in [-0.1, -0.05) is 30.3 Å². The molecule has 3 N–H and O–H groups in total. The number of carbonyl (C=O) groups is 1. The van der Waals surface area contributed by atoms with Crippen LogP contribution in [0.1, 0.15) is 19.4 Å². The molecule has 1 unspecified atom stereocenters. The van der Waals surface area contributed by atoms with Crippen molar-refractivity contribution in [3.63, 3.8) is 0 Å². The van der Waals surface area contributed by atoms with Gasteiger partial charge in [-0.3, -0.25) is 4.79 Å². The van der Waals surface area contributed by atoms with Crippen LogP contribution in [-0.2, 0) is 11.2 Å². The third-order valence-electron chi connectivity index (χ3n) is 3.74. The van der Waals surface area contributed by atoms with Crippen LogP contribution in [0.3, 0.4) is 0 Å². The maximum atomic E-state index is 12.2. The van der Waals surface area contributed by atoms with Gasteiger partial charge in [0.2, 0.25) is 5.91 Å². The number of pyridine rings is 1. The molecular formula is C18H26Cl2N4O. The summed E-state index contributed by atoms with van der Waals surface area (Å²) in [6.07, 6.45) is 2.18. The van der Waals surface area contributed by atoms with Crippen molar-refractivity contribution in [2.75, 3.05) is 23.3 Å². The third kappa shape index (κ3) is 6.90. The van der Waals surface area contributed by atoms with Crippen LogP contribution in [0.2, 0.25) is 0 Å². The van der Waals surface area contributed by atoms with Gasteiger partial charge in [-0.15, -0.1) is 24.8 Å². The maximum absolute atomic E-state index is 12.2. The van der Waals surface area contributed by atoms with Crippen molar-refractivity contribution in [2.45, 2.75) is 26.3 Å². The van der Waals surface area contributed by atoms with Crippen LogP contribution < -0.4 is 16.0 Å². The van der Waals surface area contributed by atoms with Crippen molar-refractivity contribution in [2.24, 2.45) is 5.73 Å². The van der Waals surface area contributed by atoms with Crippen LogP contribution in [0.4, 0.5) is 11.5 Å². The number of amides is 1. The highest BCUT2D eigenvalue weighted by molar-refractivity contribution is 5.94. The standard InChI is InChI=1S/C18H24N4O.2ClH/c1-3-22(4-2)17-11-10-15(13-20-17)21-18(23)16(19)12-14-8-6-5-7-9-14;;/h5-11,13,16H,3-4,12,19H2,1-2H3,(H,21,23);2*1H. The molecule has 2 aromatic rings. The maximum Gasteiger partial charge on any atom is 0.241 e. The summed E-state index contributed by atoms with van der Waals surface area (Å²) in [6.45, 7) is 5.97. The fourth-order valence-electron chi connectivity index (χ4n) is 2.39. The van der Waals surface area contributed by atoms with Crippen molar-refractivity contribution in [1.29, 1.82) is 0 Å². The molecule has 0 aliphatic heterocycles. The molecule has 2 rings (SSSR count). The Labute approximate surface area is 161 Å². The molecule has 0 bridgehead atoms. The lowest BCUT2D eigenvalue weighted by Gasteiger charge is -2.20. The average Bonchev–Trinajstić information content (AvgIpc) is 2.58. The highest BCUT2D eigenvalue weighted by Gasteiger charge is 2.14. The largest absolute Gasteiger partial charge is 0.357 e. The predicted molar refractivity (Wildman–Crippen MR) is 109 cm³/mol. The molecule has 0 fully saturated rings. The van der Waals surface area contributed by atoms with E-state index in [1.54, 1.807) is 6.20 Å². The first kappa shape index (κ1) is 23.2. The lowest BCUT2D eigenvalue weighted by molar-refractivity contribution is -0.117. The van der Waals surface area contributed by atoms with E-state index in [-0.39, 0.29) is 30.7 Å². The van der Waals surface area contributed by atoms with Crippen molar-refractivity contribution in [3.05, 3.63) is 54.2 Å².